The van der Waals surface area contributed by atoms with Crippen LogP contribution in [0.3, 0.4) is 0 Å². The topological polar surface area (TPSA) is 67.4 Å². The van der Waals surface area contributed by atoms with Crippen LogP contribution in [0.25, 0.3) is 5.57 Å². The zero-order valence-corrected chi connectivity index (χ0v) is 15.8. The number of nitrogens with zero attached hydrogens (tertiary/aromatic N) is 3. The molecule has 3 heterocycles. The summed E-state index contributed by atoms with van der Waals surface area (Å²) in [7, 11) is 2.00. The van der Waals surface area contributed by atoms with Gasteiger partial charge in [0, 0.05) is 35.7 Å². The molecule has 3 rings (SSSR count). The van der Waals surface area contributed by atoms with Crippen LogP contribution >= 0.6 is 11.6 Å². The van der Waals surface area contributed by atoms with Crippen molar-refractivity contribution in [3.05, 3.63) is 72.7 Å². The molecule has 0 bridgehead atoms. The summed E-state index contributed by atoms with van der Waals surface area (Å²) in [6, 6.07) is 7.25. The SMILES string of the molecule is C=C/C(=C\C(=C)Cl)c1ccc2c(n1)N(C)CCO2.O=CNc1ccncc1. The summed E-state index contributed by atoms with van der Waals surface area (Å²) in [5.41, 5.74) is 2.42. The van der Waals surface area contributed by atoms with E-state index in [9.17, 15) is 4.79 Å². The van der Waals surface area contributed by atoms with Crippen LogP contribution in [0.15, 0.2) is 67.0 Å². The quantitative estimate of drug-likeness (QED) is 0.625. The third-order valence-corrected chi connectivity index (χ3v) is 3.73. The summed E-state index contributed by atoms with van der Waals surface area (Å²) in [6.07, 6.45) is 7.33. The van der Waals surface area contributed by atoms with Gasteiger partial charge in [-0.25, -0.2) is 4.98 Å². The Bertz CT molecular complexity index is 837. The molecule has 1 aliphatic heterocycles. The van der Waals surface area contributed by atoms with Gasteiger partial charge in [0.1, 0.15) is 6.61 Å². The maximum atomic E-state index is 9.84. The van der Waals surface area contributed by atoms with E-state index in [1.807, 2.05) is 19.2 Å². The molecule has 0 atom stereocenters. The highest BCUT2D eigenvalue weighted by Gasteiger charge is 2.17. The van der Waals surface area contributed by atoms with E-state index >= 15 is 0 Å². The second-order valence-corrected chi connectivity index (χ2v) is 6.02. The fourth-order valence-corrected chi connectivity index (χ4v) is 2.42. The van der Waals surface area contributed by atoms with E-state index in [0.29, 0.717) is 18.0 Å². The summed E-state index contributed by atoms with van der Waals surface area (Å²) in [6.45, 7) is 8.94. The first kappa shape index (κ1) is 20.2. The molecule has 0 spiro atoms. The van der Waals surface area contributed by atoms with Crippen molar-refractivity contribution in [1.82, 2.24) is 9.97 Å². The lowest BCUT2D eigenvalue weighted by molar-refractivity contribution is -0.105. The first-order valence-corrected chi connectivity index (χ1v) is 8.57. The van der Waals surface area contributed by atoms with Crippen molar-refractivity contribution in [2.75, 3.05) is 30.4 Å². The van der Waals surface area contributed by atoms with Gasteiger partial charge in [0.15, 0.2) is 11.6 Å². The van der Waals surface area contributed by atoms with E-state index in [1.165, 1.54) is 0 Å². The van der Waals surface area contributed by atoms with E-state index in [1.54, 1.807) is 36.7 Å². The second-order valence-electron chi connectivity index (χ2n) is 5.54. The number of pyridine rings is 2. The van der Waals surface area contributed by atoms with Crippen molar-refractivity contribution >= 4 is 35.1 Å². The number of hydrogen-bond acceptors (Lipinski definition) is 5. The third-order valence-electron chi connectivity index (χ3n) is 3.62. The van der Waals surface area contributed by atoms with Crippen LogP contribution in [0.4, 0.5) is 11.5 Å². The zero-order chi connectivity index (χ0) is 19.6. The fourth-order valence-electron chi connectivity index (χ4n) is 2.30. The lowest BCUT2D eigenvalue weighted by Gasteiger charge is -2.26. The smallest absolute Gasteiger partial charge is 0.211 e. The average Bonchev–Trinajstić information content (AvgIpc) is 2.68. The minimum Gasteiger partial charge on any atom is -0.488 e. The number of nitrogens with one attached hydrogen (secondary N) is 1. The first-order valence-electron chi connectivity index (χ1n) is 8.19. The molecule has 6 nitrogen and oxygen atoms in total. The van der Waals surface area contributed by atoms with Gasteiger partial charge in [0.05, 0.1) is 12.2 Å². The van der Waals surface area contributed by atoms with E-state index in [2.05, 4.69) is 33.3 Å². The van der Waals surface area contributed by atoms with Gasteiger partial charge in [0.2, 0.25) is 6.41 Å². The fraction of sp³-hybridized carbons (Fsp3) is 0.150. The largest absolute Gasteiger partial charge is 0.488 e. The summed E-state index contributed by atoms with van der Waals surface area (Å²) in [5, 5.41) is 2.94. The number of allylic oxidation sites excluding steroid dienone is 4. The van der Waals surface area contributed by atoms with Crippen LogP contribution < -0.4 is 15.0 Å². The Morgan fingerprint density at radius 3 is 2.70 bits per heavy atom. The standard InChI is InChI=1S/C14H15ClN2O.C6H6N2O/c1-4-11(9-10(2)15)12-5-6-13-14(16-12)17(3)7-8-18-13;9-5-8-6-1-3-7-4-2-6/h4-6,9H,1-2,7-8H2,3H3;1-5H,(H,7,8,9)/b11-9+;. The number of halogens is 1. The number of rotatable bonds is 5. The second kappa shape index (κ2) is 10.1. The van der Waals surface area contributed by atoms with Crippen molar-refractivity contribution in [3.63, 3.8) is 0 Å². The minimum absolute atomic E-state index is 0.453. The molecule has 2 aromatic rings. The zero-order valence-electron chi connectivity index (χ0n) is 15.1. The number of carbonyl (C=O) groups excluding carboxylic acids is 1. The van der Waals surface area contributed by atoms with Crippen LogP contribution in [-0.4, -0.2) is 36.6 Å². The van der Waals surface area contributed by atoms with Crippen LogP contribution in [0.1, 0.15) is 5.69 Å². The molecule has 1 aliphatic rings. The van der Waals surface area contributed by atoms with Crippen molar-refractivity contribution < 1.29 is 9.53 Å². The molecular formula is C20H21ClN4O2. The van der Waals surface area contributed by atoms with Crippen molar-refractivity contribution in [2.45, 2.75) is 0 Å². The third kappa shape index (κ3) is 5.97. The Labute approximate surface area is 163 Å². The molecule has 1 amide bonds. The number of carbonyl (C=O) groups is 1. The Balaban J connectivity index is 0.000000244. The van der Waals surface area contributed by atoms with Crippen LogP contribution in [0, 0.1) is 0 Å². The summed E-state index contributed by atoms with van der Waals surface area (Å²) >= 11 is 5.79. The maximum absolute atomic E-state index is 9.84. The van der Waals surface area contributed by atoms with Gasteiger partial charge >= 0.3 is 0 Å². The number of likely N-dealkylation sites (N-methyl/N-ethyl adjacent to an activating group) is 1. The molecule has 140 valence electrons. The van der Waals surface area contributed by atoms with Gasteiger partial charge in [-0.1, -0.05) is 30.8 Å². The van der Waals surface area contributed by atoms with Gasteiger partial charge in [-0.2, -0.15) is 0 Å². The highest BCUT2D eigenvalue weighted by atomic mass is 35.5. The van der Waals surface area contributed by atoms with Gasteiger partial charge in [-0.05, 0) is 30.3 Å². The van der Waals surface area contributed by atoms with Crippen LogP contribution in [-0.2, 0) is 4.79 Å². The van der Waals surface area contributed by atoms with Crippen molar-refractivity contribution in [1.29, 1.82) is 0 Å². The summed E-state index contributed by atoms with van der Waals surface area (Å²) in [4.78, 5) is 20.3. The normalized spacial score (nSPS) is 12.7. The highest BCUT2D eigenvalue weighted by molar-refractivity contribution is 6.31. The van der Waals surface area contributed by atoms with Crippen LogP contribution in [0.2, 0.25) is 0 Å². The molecule has 1 N–H and O–H groups in total. The first-order chi connectivity index (χ1) is 13.0. The number of anilines is 2. The van der Waals surface area contributed by atoms with Crippen molar-refractivity contribution in [2.24, 2.45) is 0 Å². The van der Waals surface area contributed by atoms with Gasteiger partial charge < -0.3 is 15.0 Å². The molecule has 7 heteroatoms. The number of hydrogen-bond donors (Lipinski definition) is 1. The number of aromatic nitrogens is 2. The van der Waals surface area contributed by atoms with E-state index < -0.39 is 0 Å². The Kier molecular flexibility index (Phi) is 7.58. The summed E-state index contributed by atoms with van der Waals surface area (Å²) < 4.78 is 5.55. The average molecular weight is 385 g/mol. The molecule has 0 radical (unpaired) electrons. The molecule has 27 heavy (non-hydrogen) atoms. The molecule has 0 fully saturated rings. The van der Waals surface area contributed by atoms with Crippen LogP contribution in [0.5, 0.6) is 5.75 Å². The predicted octanol–water partition coefficient (Wildman–Crippen LogP) is 3.88. The van der Waals surface area contributed by atoms with Crippen molar-refractivity contribution in [3.8, 4) is 5.75 Å². The molecule has 2 aromatic heterocycles. The Morgan fingerprint density at radius 1 is 1.33 bits per heavy atom. The molecule has 0 saturated heterocycles. The highest BCUT2D eigenvalue weighted by Crippen LogP contribution is 2.30. The molecule has 0 aliphatic carbocycles. The lowest BCUT2D eigenvalue weighted by Crippen LogP contribution is -2.29. The molecular weight excluding hydrogens is 364 g/mol. The minimum atomic E-state index is 0.453. The Morgan fingerprint density at radius 2 is 2.07 bits per heavy atom. The van der Waals surface area contributed by atoms with E-state index in [-0.39, 0.29) is 0 Å². The van der Waals surface area contributed by atoms with E-state index in [4.69, 9.17) is 16.3 Å². The molecule has 0 saturated carbocycles. The number of fused-ring (bicyclic) bond motifs is 1. The van der Waals surface area contributed by atoms with Gasteiger partial charge in [0.25, 0.3) is 0 Å². The lowest BCUT2D eigenvalue weighted by atomic mass is 10.1. The maximum Gasteiger partial charge on any atom is 0.211 e. The predicted molar refractivity (Wildman–Crippen MR) is 110 cm³/mol. The molecule has 0 aromatic carbocycles. The van der Waals surface area contributed by atoms with Gasteiger partial charge in [-0.15, -0.1) is 0 Å². The number of ether oxygens (including phenoxy) is 1. The molecule has 0 unspecified atom stereocenters. The monoisotopic (exact) mass is 384 g/mol. The van der Waals surface area contributed by atoms with Gasteiger partial charge in [-0.3, -0.25) is 9.78 Å². The number of amides is 1. The summed E-state index contributed by atoms with van der Waals surface area (Å²) in [5.74, 6) is 1.65. The van der Waals surface area contributed by atoms with E-state index in [0.717, 1.165) is 35.1 Å². The Hall–Kier alpha value is -3.12.